The highest BCUT2D eigenvalue weighted by Crippen LogP contribution is 2.38. The van der Waals surface area contributed by atoms with Gasteiger partial charge in [-0.15, -0.1) is 0 Å². The summed E-state index contributed by atoms with van der Waals surface area (Å²) in [6.07, 6.45) is 2.80. The van der Waals surface area contributed by atoms with E-state index >= 15 is 0 Å². The average Bonchev–Trinajstić information content (AvgIpc) is 3.14. The molecule has 2 heterocycles. The molecule has 0 saturated heterocycles. The summed E-state index contributed by atoms with van der Waals surface area (Å²) < 4.78 is 5.35. The number of nitrogens with zero attached hydrogens (tertiary/aromatic N) is 2. The van der Waals surface area contributed by atoms with E-state index in [1.165, 1.54) is 30.7 Å². The lowest BCUT2D eigenvalue weighted by molar-refractivity contribution is -0.383. The monoisotopic (exact) mass is 354 g/mol. The van der Waals surface area contributed by atoms with Crippen molar-refractivity contribution in [2.24, 2.45) is 5.92 Å². The van der Waals surface area contributed by atoms with Crippen LogP contribution in [0.15, 0.2) is 47.2 Å². The first-order valence-corrected chi connectivity index (χ1v) is 7.97. The Morgan fingerprint density at radius 2 is 2.08 bits per heavy atom. The first-order chi connectivity index (χ1) is 12.4. The Morgan fingerprint density at radius 1 is 1.31 bits per heavy atom. The number of nitrogens with one attached hydrogen (secondary N) is 1. The van der Waals surface area contributed by atoms with E-state index in [-0.39, 0.29) is 34.0 Å². The van der Waals surface area contributed by atoms with Gasteiger partial charge in [-0.2, -0.15) is 0 Å². The Morgan fingerprint density at radius 3 is 2.69 bits per heavy atom. The van der Waals surface area contributed by atoms with Crippen molar-refractivity contribution in [3.8, 4) is 5.75 Å². The SMILES string of the molecule is CC(C)C(=O)N[C@@H](c1ccco1)c1cc([N+](=O)[O-])c2cccnc2c1[O-]. The zero-order valence-electron chi connectivity index (χ0n) is 14.1. The van der Waals surface area contributed by atoms with Crippen molar-refractivity contribution in [1.29, 1.82) is 0 Å². The van der Waals surface area contributed by atoms with Crippen molar-refractivity contribution in [2.45, 2.75) is 19.9 Å². The molecule has 0 aliphatic heterocycles. The van der Waals surface area contributed by atoms with Crippen LogP contribution in [0.4, 0.5) is 5.69 Å². The van der Waals surface area contributed by atoms with Gasteiger partial charge in [0.15, 0.2) is 0 Å². The number of amides is 1. The van der Waals surface area contributed by atoms with Gasteiger partial charge in [-0.05, 0) is 29.8 Å². The number of benzene rings is 1. The predicted octanol–water partition coefficient (Wildman–Crippen LogP) is 2.67. The number of nitro benzene ring substituents is 1. The molecule has 1 N–H and O–H groups in total. The highest BCUT2D eigenvalue weighted by molar-refractivity contribution is 5.93. The van der Waals surface area contributed by atoms with E-state index in [0.717, 1.165) is 0 Å². The molecule has 0 spiro atoms. The van der Waals surface area contributed by atoms with Gasteiger partial charge in [0.05, 0.1) is 22.1 Å². The van der Waals surface area contributed by atoms with Gasteiger partial charge < -0.3 is 14.8 Å². The van der Waals surface area contributed by atoms with Crippen LogP contribution in [0.2, 0.25) is 0 Å². The predicted molar refractivity (Wildman–Crippen MR) is 91.4 cm³/mol. The van der Waals surface area contributed by atoms with Gasteiger partial charge in [0.25, 0.3) is 5.69 Å². The third kappa shape index (κ3) is 3.08. The van der Waals surface area contributed by atoms with E-state index in [1.54, 1.807) is 26.0 Å². The number of furan rings is 1. The fourth-order valence-corrected chi connectivity index (χ4v) is 2.65. The van der Waals surface area contributed by atoms with Crippen molar-refractivity contribution in [2.75, 3.05) is 0 Å². The zero-order valence-corrected chi connectivity index (χ0v) is 14.1. The van der Waals surface area contributed by atoms with Crippen molar-refractivity contribution in [1.82, 2.24) is 10.3 Å². The Bertz CT molecular complexity index is 966. The van der Waals surface area contributed by atoms with E-state index in [4.69, 9.17) is 4.42 Å². The second kappa shape index (κ2) is 6.83. The van der Waals surface area contributed by atoms with Crippen LogP contribution in [-0.2, 0) is 4.79 Å². The van der Waals surface area contributed by atoms with Gasteiger partial charge in [-0.1, -0.05) is 19.6 Å². The molecular formula is C18H16N3O5-. The Kier molecular flexibility index (Phi) is 4.57. The van der Waals surface area contributed by atoms with E-state index < -0.39 is 16.7 Å². The van der Waals surface area contributed by atoms with Crippen LogP contribution in [0.1, 0.15) is 31.2 Å². The molecule has 0 radical (unpaired) electrons. The number of hydrogen-bond acceptors (Lipinski definition) is 6. The van der Waals surface area contributed by atoms with Crippen LogP contribution in [0.5, 0.6) is 5.75 Å². The standard InChI is InChI=1S/C18H17N3O5/c1-10(2)18(23)20-15(14-6-4-8-26-14)12-9-13(21(24)25)11-5-3-7-19-16(11)17(12)22/h3-10,15,22H,1-2H3,(H,20,23)/p-1/t15-/m1/s1. The summed E-state index contributed by atoms with van der Waals surface area (Å²) in [5.41, 5.74) is -0.239. The molecule has 1 aromatic carbocycles. The number of nitro groups is 1. The van der Waals surface area contributed by atoms with E-state index in [2.05, 4.69) is 10.3 Å². The molecule has 0 bridgehead atoms. The topological polar surface area (TPSA) is 121 Å². The molecule has 8 nitrogen and oxygen atoms in total. The fraction of sp³-hybridized carbons (Fsp3) is 0.222. The normalized spacial score (nSPS) is 12.3. The average molecular weight is 354 g/mol. The Hall–Kier alpha value is -3.42. The molecule has 0 aliphatic rings. The Balaban J connectivity index is 2.23. The summed E-state index contributed by atoms with van der Waals surface area (Å²) in [5, 5.41) is 27.3. The molecule has 8 heteroatoms. The van der Waals surface area contributed by atoms with E-state index in [9.17, 15) is 20.0 Å². The first-order valence-electron chi connectivity index (χ1n) is 7.97. The summed E-state index contributed by atoms with van der Waals surface area (Å²) >= 11 is 0. The van der Waals surface area contributed by atoms with Gasteiger partial charge in [0.1, 0.15) is 11.8 Å². The van der Waals surface area contributed by atoms with E-state index in [0.29, 0.717) is 5.76 Å². The molecule has 134 valence electrons. The van der Waals surface area contributed by atoms with Crippen molar-refractivity contribution >= 4 is 22.5 Å². The second-order valence-corrected chi connectivity index (χ2v) is 6.08. The van der Waals surface area contributed by atoms with Crippen LogP contribution in [-0.4, -0.2) is 15.8 Å². The molecular weight excluding hydrogens is 338 g/mol. The lowest BCUT2D eigenvalue weighted by atomic mass is 9.98. The molecule has 2 aromatic heterocycles. The van der Waals surface area contributed by atoms with Gasteiger partial charge in [0, 0.05) is 18.2 Å². The van der Waals surface area contributed by atoms with Crippen LogP contribution in [0, 0.1) is 16.0 Å². The molecule has 1 atom stereocenters. The smallest absolute Gasteiger partial charge is 0.279 e. The highest BCUT2D eigenvalue weighted by atomic mass is 16.6. The van der Waals surface area contributed by atoms with Gasteiger partial charge >= 0.3 is 0 Å². The minimum atomic E-state index is -0.947. The van der Waals surface area contributed by atoms with Gasteiger partial charge in [0.2, 0.25) is 5.91 Å². The maximum atomic E-state index is 12.9. The largest absolute Gasteiger partial charge is 0.871 e. The number of pyridine rings is 1. The summed E-state index contributed by atoms with van der Waals surface area (Å²) in [6.45, 7) is 3.41. The lowest BCUT2D eigenvalue weighted by Crippen LogP contribution is -2.32. The number of aromatic nitrogens is 1. The molecule has 0 fully saturated rings. The number of fused-ring (bicyclic) bond motifs is 1. The summed E-state index contributed by atoms with van der Waals surface area (Å²) in [6, 6.07) is 6.44. The lowest BCUT2D eigenvalue weighted by Gasteiger charge is -2.24. The van der Waals surface area contributed by atoms with Crippen LogP contribution < -0.4 is 10.4 Å². The minimum Gasteiger partial charge on any atom is -0.871 e. The van der Waals surface area contributed by atoms with E-state index in [1.807, 2.05) is 0 Å². The summed E-state index contributed by atoms with van der Waals surface area (Å²) in [7, 11) is 0. The third-order valence-corrected chi connectivity index (χ3v) is 4.00. The molecule has 1 amide bonds. The second-order valence-electron chi connectivity index (χ2n) is 6.08. The highest BCUT2D eigenvalue weighted by Gasteiger charge is 2.26. The number of non-ortho nitro benzene ring substituents is 1. The Labute approximate surface area is 148 Å². The number of rotatable bonds is 5. The molecule has 3 rings (SSSR count). The first kappa shape index (κ1) is 17.4. The van der Waals surface area contributed by atoms with Gasteiger partial charge in [-0.3, -0.25) is 19.9 Å². The maximum absolute atomic E-state index is 12.9. The van der Waals surface area contributed by atoms with Crippen LogP contribution >= 0.6 is 0 Å². The molecule has 0 unspecified atom stereocenters. The zero-order chi connectivity index (χ0) is 18.8. The summed E-state index contributed by atoms with van der Waals surface area (Å²) in [4.78, 5) is 27.1. The number of carbonyl (C=O) groups excluding carboxylic acids is 1. The summed E-state index contributed by atoms with van der Waals surface area (Å²) in [5.74, 6) is -0.831. The molecule has 26 heavy (non-hydrogen) atoms. The quantitative estimate of drug-likeness (QED) is 0.555. The van der Waals surface area contributed by atoms with Crippen molar-refractivity contribution in [3.05, 3.63) is 64.2 Å². The molecule has 0 saturated carbocycles. The number of carbonyl (C=O) groups is 1. The minimum absolute atomic E-state index is 0.0212. The van der Waals surface area contributed by atoms with Crippen LogP contribution in [0.3, 0.4) is 0 Å². The number of hydrogen-bond donors (Lipinski definition) is 1. The fourth-order valence-electron chi connectivity index (χ4n) is 2.65. The molecule has 0 aliphatic carbocycles. The maximum Gasteiger partial charge on any atom is 0.279 e. The van der Waals surface area contributed by atoms with Crippen molar-refractivity contribution < 1.29 is 19.2 Å². The third-order valence-electron chi connectivity index (χ3n) is 4.00. The van der Waals surface area contributed by atoms with Gasteiger partial charge in [-0.25, -0.2) is 0 Å². The molecule has 3 aromatic rings. The van der Waals surface area contributed by atoms with Crippen molar-refractivity contribution in [3.63, 3.8) is 0 Å². The van der Waals surface area contributed by atoms with Crippen LogP contribution in [0.25, 0.3) is 10.9 Å².